The number of ether oxygens (including phenoxy) is 1. The van der Waals surface area contributed by atoms with Crippen molar-refractivity contribution < 1.29 is 14.3 Å². The van der Waals surface area contributed by atoms with Crippen molar-refractivity contribution in [3.8, 4) is 11.3 Å². The van der Waals surface area contributed by atoms with E-state index in [0.29, 0.717) is 24.7 Å². The zero-order chi connectivity index (χ0) is 11.0. The number of hydrogen-bond donors (Lipinski definition) is 1. The summed E-state index contributed by atoms with van der Waals surface area (Å²) in [6, 6.07) is 6.02. The van der Waals surface area contributed by atoms with Crippen molar-refractivity contribution in [3.05, 3.63) is 41.4 Å². The van der Waals surface area contributed by atoms with Crippen LogP contribution in [0.3, 0.4) is 0 Å². The second-order valence-corrected chi connectivity index (χ2v) is 3.76. The van der Waals surface area contributed by atoms with Crippen LogP contribution < -0.4 is 0 Å². The topological polar surface area (TPSA) is 55.5 Å². The smallest absolute Gasteiger partial charge is 0.181 e. The van der Waals surface area contributed by atoms with Crippen molar-refractivity contribution in [2.75, 3.05) is 0 Å². The van der Waals surface area contributed by atoms with Crippen LogP contribution in [0, 0.1) is 0 Å². The van der Waals surface area contributed by atoms with E-state index in [1.165, 1.54) is 17.5 Å². The number of fused-ring (bicyclic) bond motifs is 1. The van der Waals surface area contributed by atoms with E-state index in [4.69, 9.17) is 14.3 Å². The van der Waals surface area contributed by atoms with Crippen LogP contribution in [0.5, 0.6) is 0 Å². The van der Waals surface area contributed by atoms with Crippen LogP contribution in [0.4, 0.5) is 0 Å². The van der Waals surface area contributed by atoms with Crippen LogP contribution in [0.15, 0.2) is 29.0 Å². The molecule has 0 unspecified atom stereocenters. The van der Waals surface area contributed by atoms with Gasteiger partial charge in [0, 0.05) is 5.56 Å². The zero-order valence-corrected chi connectivity index (χ0v) is 8.64. The maximum absolute atomic E-state index is 9.11. The average molecular weight is 217 g/mol. The van der Waals surface area contributed by atoms with Crippen LogP contribution in [-0.2, 0) is 24.6 Å². The number of oxazole rings is 1. The van der Waals surface area contributed by atoms with Crippen molar-refractivity contribution in [1.82, 2.24) is 4.98 Å². The number of benzene rings is 1. The summed E-state index contributed by atoms with van der Waals surface area (Å²) in [6.07, 6.45) is 1.35. The SMILES string of the molecule is OCc1ncoc1-c1ccc2c(c1)COC2. The van der Waals surface area contributed by atoms with E-state index in [1.807, 2.05) is 18.2 Å². The predicted octanol–water partition coefficient (Wildman–Crippen LogP) is 1.86. The second-order valence-electron chi connectivity index (χ2n) is 3.76. The Morgan fingerprint density at radius 2 is 2.12 bits per heavy atom. The minimum absolute atomic E-state index is 0.112. The Labute approximate surface area is 92.5 Å². The van der Waals surface area contributed by atoms with Gasteiger partial charge in [-0.3, -0.25) is 0 Å². The fourth-order valence-corrected chi connectivity index (χ4v) is 1.93. The Hall–Kier alpha value is -1.65. The fourth-order valence-electron chi connectivity index (χ4n) is 1.93. The number of aliphatic hydroxyl groups is 1. The van der Waals surface area contributed by atoms with Crippen molar-refractivity contribution >= 4 is 0 Å². The Morgan fingerprint density at radius 3 is 3.00 bits per heavy atom. The Bertz CT molecular complexity index is 519. The first kappa shape index (κ1) is 9.57. The molecule has 2 heterocycles. The van der Waals surface area contributed by atoms with E-state index in [1.54, 1.807) is 0 Å². The highest BCUT2D eigenvalue weighted by atomic mass is 16.5. The zero-order valence-electron chi connectivity index (χ0n) is 8.64. The molecule has 0 fully saturated rings. The van der Waals surface area contributed by atoms with Gasteiger partial charge < -0.3 is 14.3 Å². The number of hydrogen-bond acceptors (Lipinski definition) is 4. The molecule has 1 N–H and O–H groups in total. The number of aromatic nitrogens is 1. The molecule has 4 heteroatoms. The van der Waals surface area contributed by atoms with Crippen molar-refractivity contribution in [1.29, 1.82) is 0 Å². The van der Waals surface area contributed by atoms with Gasteiger partial charge in [-0.2, -0.15) is 0 Å². The molecular weight excluding hydrogens is 206 g/mol. The van der Waals surface area contributed by atoms with Gasteiger partial charge in [0.15, 0.2) is 12.2 Å². The summed E-state index contributed by atoms with van der Waals surface area (Å²) in [6.45, 7) is 1.21. The lowest BCUT2D eigenvalue weighted by Gasteiger charge is -2.02. The first-order valence-corrected chi connectivity index (χ1v) is 5.11. The highest BCUT2D eigenvalue weighted by Crippen LogP contribution is 2.28. The second kappa shape index (κ2) is 3.73. The quantitative estimate of drug-likeness (QED) is 0.834. The lowest BCUT2D eigenvalue weighted by atomic mass is 10.0. The normalized spacial score (nSPS) is 14.1. The number of nitrogens with zero attached hydrogens (tertiary/aromatic N) is 1. The van der Waals surface area contributed by atoms with Gasteiger partial charge in [-0.05, 0) is 17.2 Å². The molecule has 1 aromatic heterocycles. The van der Waals surface area contributed by atoms with E-state index < -0.39 is 0 Å². The third kappa shape index (κ3) is 1.43. The molecule has 1 aromatic carbocycles. The molecule has 0 atom stereocenters. The van der Waals surface area contributed by atoms with Crippen LogP contribution in [-0.4, -0.2) is 10.1 Å². The maximum atomic E-state index is 9.11. The van der Waals surface area contributed by atoms with Gasteiger partial charge in [-0.25, -0.2) is 4.98 Å². The van der Waals surface area contributed by atoms with E-state index in [0.717, 1.165) is 5.56 Å². The third-order valence-electron chi connectivity index (χ3n) is 2.77. The molecule has 0 saturated heterocycles. The highest BCUT2D eigenvalue weighted by molar-refractivity contribution is 5.61. The van der Waals surface area contributed by atoms with Crippen LogP contribution in [0.25, 0.3) is 11.3 Å². The first-order chi connectivity index (χ1) is 7.88. The van der Waals surface area contributed by atoms with Crippen molar-refractivity contribution in [2.45, 2.75) is 19.8 Å². The Morgan fingerprint density at radius 1 is 1.25 bits per heavy atom. The van der Waals surface area contributed by atoms with Gasteiger partial charge in [0.25, 0.3) is 0 Å². The number of rotatable bonds is 2. The summed E-state index contributed by atoms with van der Waals surface area (Å²) in [5, 5.41) is 9.11. The van der Waals surface area contributed by atoms with Crippen LogP contribution in [0.1, 0.15) is 16.8 Å². The van der Waals surface area contributed by atoms with E-state index >= 15 is 0 Å². The molecule has 0 spiro atoms. The standard InChI is InChI=1S/C12H11NO3/c14-4-11-12(16-7-13-11)8-1-2-9-5-15-6-10(9)3-8/h1-3,7,14H,4-6H2. The molecule has 3 rings (SSSR count). The van der Waals surface area contributed by atoms with Crippen LogP contribution in [0.2, 0.25) is 0 Å². The van der Waals surface area contributed by atoms with E-state index in [2.05, 4.69) is 4.98 Å². The lowest BCUT2D eigenvalue weighted by Crippen LogP contribution is -1.88. The monoisotopic (exact) mass is 217 g/mol. The largest absolute Gasteiger partial charge is 0.443 e. The third-order valence-corrected chi connectivity index (χ3v) is 2.77. The van der Waals surface area contributed by atoms with Crippen molar-refractivity contribution in [2.24, 2.45) is 0 Å². The molecule has 4 nitrogen and oxygen atoms in total. The Balaban J connectivity index is 2.07. The molecule has 1 aliphatic heterocycles. The first-order valence-electron chi connectivity index (χ1n) is 5.11. The lowest BCUT2D eigenvalue weighted by molar-refractivity contribution is 0.134. The van der Waals surface area contributed by atoms with Gasteiger partial charge in [0.1, 0.15) is 5.69 Å². The molecule has 16 heavy (non-hydrogen) atoms. The van der Waals surface area contributed by atoms with Gasteiger partial charge in [-0.15, -0.1) is 0 Å². The highest BCUT2D eigenvalue weighted by Gasteiger charge is 2.15. The molecule has 0 amide bonds. The summed E-state index contributed by atoms with van der Waals surface area (Å²) in [5.74, 6) is 0.636. The van der Waals surface area contributed by atoms with E-state index in [9.17, 15) is 0 Å². The Kier molecular flexibility index (Phi) is 2.23. The number of aliphatic hydroxyl groups excluding tert-OH is 1. The van der Waals surface area contributed by atoms with Crippen LogP contribution >= 0.6 is 0 Å². The molecule has 1 aliphatic rings. The van der Waals surface area contributed by atoms with Gasteiger partial charge in [0.05, 0.1) is 19.8 Å². The van der Waals surface area contributed by atoms with Gasteiger partial charge >= 0.3 is 0 Å². The van der Waals surface area contributed by atoms with Gasteiger partial charge in [-0.1, -0.05) is 12.1 Å². The molecule has 0 aliphatic carbocycles. The summed E-state index contributed by atoms with van der Waals surface area (Å²) >= 11 is 0. The fraction of sp³-hybridized carbons (Fsp3) is 0.250. The summed E-state index contributed by atoms with van der Waals surface area (Å²) in [4.78, 5) is 3.96. The summed E-state index contributed by atoms with van der Waals surface area (Å²) in [5.41, 5.74) is 3.90. The molecule has 0 saturated carbocycles. The minimum atomic E-state index is -0.112. The molecule has 2 aromatic rings. The molecular formula is C12H11NO3. The molecule has 0 bridgehead atoms. The predicted molar refractivity (Wildman–Crippen MR) is 56.4 cm³/mol. The van der Waals surface area contributed by atoms with Crippen molar-refractivity contribution in [3.63, 3.8) is 0 Å². The summed E-state index contributed by atoms with van der Waals surface area (Å²) in [7, 11) is 0. The average Bonchev–Trinajstić information content (AvgIpc) is 2.96. The van der Waals surface area contributed by atoms with Gasteiger partial charge in [0.2, 0.25) is 0 Å². The summed E-state index contributed by atoms with van der Waals surface area (Å²) < 4.78 is 10.6. The maximum Gasteiger partial charge on any atom is 0.181 e. The molecule has 82 valence electrons. The molecule has 0 radical (unpaired) electrons. The van der Waals surface area contributed by atoms with E-state index in [-0.39, 0.29) is 6.61 Å². The minimum Gasteiger partial charge on any atom is -0.443 e.